The van der Waals surface area contributed by atoms with Gasteiger partial charge in [0.2, 0.25) is 0 Å². The highest BCUT2D eigenvalue weighted by Gasteiger charge is 2.07. The molecule has 0 heterocycles. The topological polar surface area (TPSA) is 0 Å². The van der Waals surface area contributed by atoms with Crippen LogP contribution >= 0.6 is 0 Å². The first-order valence-corrected chi connectivity index (χ1v) is 11.2. The third-order valence-electron chi connectivity index (χ3n) is 4.22. The molecule has 0 radical (unpaired) electrons. The van der Waals surface area contributed by atoms with E-state index in [1.807, 2.05) is 48.5 Å². The van der Waals surface area contributed by atoms with Gasteiger partial charge in [0.1, 0.15) is 0 Å². The molecule has 0 saturated carbocycles. The normalized spacial score (nSPS) is 11.9. The Bertz CT molecular complexity index is 527. The molecule has 0 saturated heterocycles. The van der Waals surface area contributed by atoms with Crippen molar-refractivity contribution in [3.8, 4) is 0 Å². The standard InChI is InChI=1S/C20H28F2.3C2H6/c1-5-6-8-16(3)17(4)13-11-15(2)12-14-18-9-7-10-19(21)20(18)22;3*1-2/h7,9-11,13,16H,5-6,8,12,14H2,1-4H3;3*1-2H3/b15-11+,17-13+;;;. The molecule has 28 heavy (non-hydrogen) atoms. The van der Waals surface area contributed by atoms with Crippen LogP contribution in [-0.2, 0) is 6.42 Å². The second kappa shape index (κ2) is 21.9. The maximum atomic E-state index is 13.6. The van der Waals surface area contributed by atoms with Crippen LogP contribution in [0.3, 0.4) is 0 Å². The maximum absolute atomic E-state index is 13.6. The maximum Gasteiger partial charge on any atom is 0.162 e. The van der Waals surface area contributed by atoms with Gasteiger partial charge in [0.15, 0.2) is 11.6 Å². The Hall–Kier alpha value is -1.44. The van der Waals surface area contributed by atoms with E-state index >= 15 is 0 Å². The molecule has 0 aliphatic rings. The van der Waals surface area contributed by atoms with Gasteiger partial charge in [-0.25, -0.2) is 8.78 Å². The van der Waals surface area contributed by atoms with Crippen LogP contribution in [0.15, 0.2) is 41.5 Å². The van der Waals surface area contributed by atoms with Gasteiger partial charge in [-0.2, -0.15) is 0 Å². The Morgan fingerprint density at radius 3 is 2.07 bits per heavy atom. The summed E-state index contributed by atoms with van der Waals surface area (Å²) in [6, 6.07) is 4.37. The molecule has 0 aliphatic carbocycles. The summed E-state index contributed by atoms with van der Waals surface area (Å²) in [5.74, 6) is -0.875. The minimum atomic E-state index is -0.764. The fourth-order valence-corrected chi connectivity index (χ4v) is 2.33. The van der Waals surface area contributed by atoms with Gasteiger partial charge in [0.25, 0.3) is 0 Å². The van der Waals surface area contributed by atoms with Gasteiger partial charge in [0, 0.05) is 0 Å². The lowest BCUT2D eigenvalue weighted by Gasteiger charge is -2.11. The first-order chi connectivity index (χ1) is 13.5. The zero-order chi connectivity index (χ0) is 22.5. The van der Waals surface area contributed by atoms with Gasteiger partial charge in [-0.1, -0.05) is 104 Å². The number of halogens is 2. The lowest BCUT2D eigenvalue weighted by molar-refractivity contribution is 0.498. The quantitative estimate of drug-likeness (QED) is 0.383. The molecule has 0 amide bonds. The molecule has 1 rings (SSSR count). The van der Waals surface area contributed by atoms with Crippen molar-refractivity contribution in [1.29, 1.82) is 0 Å². The van der Waals surface area contributed by atoms with Gasteiger partial charge in [-0.3, -0.25) is 0 Å². The molecule has 164 valence electrons. The summed E-state index contributed by atoms with van der Waals surface area (Å²) in [5, 5.41) is 0. The van der Waals surface area contributed by atoms with Gasteiger partial charge < -0.3 is 0 Å². The summed E-state index contributed by atoms with van der Waals surface area (Å²) >= 11 is 0. The Balaban J connectivity index is -0.000000946. The van der Waals surface area contributed by atoms with Crippen LogP contribution in [0, 0.1) is 17.6 Å². The summed E-state index contributed by atoms with van der Waals surface area (Å²) in [6.45, 7) is 20.7. The first-order valence-electron chi connectivity index (χ1n) is 11.2. The summed E-state index contributed by atoms with van der Waals surface area (Å²) in [4.78, 5) is 0. The fraction of sp³-hybridized carbons (Fsp3) is 0.615. The largest absolute Gasteiger partial charge is 0.204 e. The SMILES string of the molecule is CC.CC.CC.CCCCC(C)/C(C)=C/C=C(\C)CCc1cccc(F)c1F. The van der Waals surface area contributed by atoms with Gasteiger partial charge in [0.05, 0.1) is 0 Å². The van der Waals surface area contributed by atoms with E-state index in [4.69, 9.17) is 0 Å². The average Bonchev–Trinajstić information content (AvgIpc) is 2.75. The van der Waals surface area contributed by atoms with Crippen LogP contribution in [0.25, 0.3) is 0 Å². The second-order valence-corrected chi connectivity index (χ2v) is 6.18. The van der Waals surface area contributed by atoms with Gasteiger partial charge in [-0.15, -0.1) is 0 Å². The summed E-state index contributed by atoms with van der Waals surface area (Å²) in [6.07, 6.45) is 9.25. The van der Waals surface area contributed by atoms with Crippen LogP contribution in [0.4, 0.5) is 8.78 Å². The molecule has 1 aromatic carbocycles. The van der Waals surface area contributed by atoms with Crippen LogP contribution in [-0.4, -0.2) is 0 Å². The molecule has 1 aromatic rings. The molecular weight excluding hydrogens is 350 g/mol. The summed E-state index contributed by atoms with van der Waals surface area (Å²) < 4.78 is 26.7. The predicted molar refractivity (Wildman–Crippen MR) is 125 cm³/mol. The molecule has 0 spiro atoms. The van der Waals surface area contributed by atoms with E-state index in [2.05, 4.69) is 32.9 Å². The third kappa shape index (κ3) is 14.6. The van der Waals surface area contributed by atoms with Gasteiger partial charge in [-0.05, 0) is 50.7 Å². The van der Waals surface area contributed by atoms with Crippen molar-refractivity contribution in [1.82, 2.24) is 0 Å². The number of unbranched alkanes of at least 4 members (excludes halogenated alkanes) is 1. The van der Waals surface area contributed by atoms with Crippen molar-refractivity contribution in [2.75, 3.05) is 0 Å². The first kappa shape index (κ1) is 31.3. The van der Waals surface area contributed by atoms with E-state index in [1.54, 1.807) is 12.1 Å². The lowest BCUT2D eigenvalue weighted by Crippen LogP contribution is -1.96. The fourth-order valence-electron chi connectivity index (χ4n) is 2.33. The molecule has 2 heteroatoms. The van der Waals surface area contributed by atoms with E-state index in [0.29, 0.717) is 17.9 Å². The minimum absolute atomic E-state index is 0.449. The zero-order valence-electron chi connectivity index (χ0n) is 20.3. The van der Waals surface area contributed by atoms with Crippen molar-refractivity contribution < 1.29 is 8.78 Å². The highest BCUT2D eigenvalue weighted by Crippen LogP contribution is 2.19. The van der Waals surface area contributed by atoms with E-state index in [9.17, 15) is 8.78 Å². The van der Waals surface area contributed by atoms with Crippen molar-refractivity contribution in [2.45, 2.75) is 101 Å². The van der Waals surface area contributed by atoms with E-state index in [0.717, 1.165) is 12.5 Å². The Morgan fingerprint density at radius 1 is 0.964 bits per heavy atom. The van der Waals surface area contributed by atoms with Crippen molar-refractivity contribution in [2.24, 2.45) is 5.92 Å². The molecule has 0 nitrogen and oxygen atoms in total. The van der Waals surface area contributed by atoms with E-state index in [1.165, 1.54) is 30.4 Å². The molecule has 0 fully saturated rings. The van der Waals surface area contributed by atoms with Crippen molar-refractivity contribution >= 4 is 0 Å². The van der Waals surface area contributed by atoms with Gasteiger partial charge >= 0.3 is 0 Å². The van der Waals surface area contributed by atoms with Crippen molar-refractivity contribution in [3.05, 3.63) is 58.7 Å². The molecule has 0 aromatic heterocycles. The predicted octanol–water partition coefficient (Wildman–Crippen LogP) is 9.69. The van der Waals surface area contributed by atoms with Crippen molar-refractivity contribution in [3.63, 3.8) is 0 Å². The van der Waals surface area contributed by atoms with E-state index in [-0.39, 0.29) is 0 Å². The van der Waals surface area contributed by atoms with Crippen LogP contribution < -0.4 is 0 Å². The number of benzene rings is 1. The molecule has 0 aliphatic heterocycles. The van der Waals surface area contributed by atoms with Crippen LogP contribution in [0.5, 0.6) is 0 Å². The number of hydrogen-bond acceptors (Lipinski definition) is 0. The molecular formula is C26H46F2. The summed E-state index contributed by atoms with van der Waals surface area (Å²) in [5.41, 5.74) is 3.01. The number of aryl methyl sites for hydroxylation is 1. The molecule has 1 atom stereocenters. The minimum Gasteiger partial charge on any atom is -0.204 e. The third-order valence-corrected chi connectivity index (χ3v) is 4.22. The highest BCUT2D eigenvalue weighted by atomic mass is 19.2. The van der Waals surface area contributed by atoms with Crippen LogP contribution in [0.1, 0.15) is 100 Å². The molecule has 0 N–H and O–H groups in total. The second-order valence-electron chi connectivity index (χ2n) is 6.18. The zero-order valence-corrected chi connectivity index (χ0v) is 20.3. The number of hydrogen-bond donors (Lipinski definition) is 0. The van der Waals surface area contributed by atoms with Crippen LogP contribution in [0.2, 0.25) is 0 Å². The summed E-state index contributed by atoms with van der Waals surface area (Å²) in [7, 11) is 0. The smallest absolute Gasteiger partial charge is 0.162 e. The highest BCUT2D eigenvalue weighted by molar-refractivity contribution is 5.22. The van der Waals surface area contributed by atoms with E-state index < -0.39 is 11.6 Å². The Labute approximate surface area is 175 Å². The monoisotopic (exact) mass is 396 g/mol. The molecule has 1 unspecified atom stereocenters. The Kier molecular flexibility index (Phi) is 24.4. The number of allylic oxidation sites excluding steroid dienone is 4. The average molecular weight is 397 g/mol. The molecule has 0 bridgehead atoms. The Morgan fingerprint density at radius 2 is 1.54 bits per heavy atom. The lowest BCUT2D eigenvalue weighted by atomic mass is 9.95. The number of rotatable bonds is 8.